The quantitative estimate of drug-likeness (QED) is 0.627. The molecule has 0 radical (unpaired) electrons. The summed E-state index contributed by atoms with van der Waals surface area (Å²) in [7, 11) is 0. The molecule has 0 aliphatic carbocycles. The Morgan fingerprint density at radius 1 is 1.27 bits per heavy atom. The number of rotatable bonds is 0. The molecule has 0 spiro atoms. The molecule has 2 aromatic rings. The minimum absolute atomic E-state index is 0.0552. The molecule has 0 atom stereocenters. The zero-order chi connectivity index (χ0) is 11.2. The summed E-state index contributed by atoms with van der Waals surface area (Å²) in [6.07, 6.45) is 0. The highest BCUT2D eigenvalue weighted by atomic mass is 35.5. The molecule has 2 nitrogen and oxygen atoms in total. The number of aryl methyl sites for hydroxylation is 1. The van der Waals surface area contributed by atoms with E-state index in [9.17, 15) is 0 Å². The van der Waals surface area contributed by atoms with E-state index in [1.54, 1.807) is 0 Å². The molecule has 0 aliphatic rings. The summed E-state index contributed by atoms with van der Waals surface area (Å²) in [5.74, 6) is 0.905. The van der Waals surface area contributed by atoms with Crippen LogP contribution in [0.1, 0.15) is 26.5 Å². The largest absolute Gasteiger partial charge is 0.262 e. The van der Waals surface area contributed by atoms with E-state index >= 15 is 0 Å². The second-order valence-corrected chi connectivity index (χ2v) is 5.21. The summed E-state index contributed by atoms with van der Waals surface area (Å²) in [4.78, 5) is 0. The molecule has 1 aromatic carbocycles. The van der Waals surface area contributed by atoms with E-state index in [1.165, 1.54) is 0 Å². The fourth-order valence-corrected chi connectivity index (χ4v) is 1.87. The third-order valence-electron chi connectivity index (χ3n) is 2.39. The zero-order valence-electron chi connectivity index (χ0n) is 9.47. The van der Waals surface area contributed by atoms with Crippen LogP contribution >= 0.6 is 11.6 Å². The molecule has 3 heteroatoms. The van der Waals surface area contributed by atoms with Gasteiger partial charge in [-0.3, -0.25) is 0 Å². The van der Waals surface area contributed by atoms with Crippen LogP contribution in [0.4, 0.5) is 0 Å². The molecule has 1 heterocycles. The number of nitrogens with zero attached hydrogens (tertiary/aromatic N) is 1. The van der Waals surface area contributed by atoms with Crippen LogP contribution in [0.25, 0.3) is 10.9 Å². The van der Waals surface area contributed by atoms with Crippen molar-refractivity contribution in [3.63, 3.8) is 0 Å². The van der Waals surface area contributed by atoms with Gasteiger partial charge in [-0.15, -0.1) is 0 Å². The lowest BCUT2D eigenvalue weighted by Gasteiger charge is -2.06. The number of hydrogen-bond donors (Lipinski definition) is 0. The highest BCUT2D eigenvalue weighted by molar-refractivity contribution is 6.31. The van der Waals surface area contributed by atoms with E-state index in [2.05, 4.69) is 20.8 Å². The van der Waals surface area contributed by atoms with E-state index in [0.29, 0.717) is 0 Å². The molecule has 0 N–H and O–H groups in total. The third kappa shape index (κ3) is 1.74. The molecule has 0 bridgehead atoms. The molecule has 1 aromatic heterocycles. The minimum atomic E-state index is -0.0552. The highest BCUT2D eigenvalue weighted by Gasteiger charge is 2.31. The molecule has 0 saturated carbocycles. The number of benzene rings is 1. The average molecular weight is 225 g/mol. The van der Waals surface area contributed by atoms with Crippen LogP contribution in [-0.4, -0.2) is 0 Å². The van der Waals surface area contributed by atoms with Crippen molar-refractivity contribution in [2.24, 2.45) is 0 Å². The number of hydrogen-bond acceptors (Lipinski definition) is 1. The van der Waals surface area contributed by atoms with E-state index in [1.807, 2.05) is 29.9 Å². The summed E-state index contributed by atoms with van der Waals surface area (Å²) < 4.78 is 7.67. The maximum atomic E-state index is 5.96. The SMILES string of the molecule is Cc1o[n+](C(C)(C)C)c2ccc(Cl)cc12. The summed E-state index contributed by atoms with van der Waals surface area (Å²) in [5, 5.41) is 1.82. The minimum Gasteiger partial charge on any atom is -0.240 e. The van der Waals surface area contributed by atoms with Gasteiger partial charge in [-0.25, -0.2) is 4.52 Å². The van der Waals surface area contributed by atoms with Gasteiger partial charge in [0.1, 0.15) is 0 Å². The van der Waals surface area contributed by atoms with Gasteiger partial charge in [0.15, 0.2) is 5.76 Å². The molecule has 0 aliphatic heterocycles. The van der Waals surface area contributed by atoms with Crippen LogP contribution in [0.2, 0.25) is 5.02 Å². The maximum absolute atomic E-state index is 5.96. The Bertz CT molecular complexity index is 508. The van der Waals surface area contributed by atoms with Crippen LogP contribution in [0, 0.1) is 6.92 Å². The lowest BCUT2D eigenvalue weighted by molar-refractivity contribution is -0.888. The molecule has 0 unspecified atom stereocenters. The average Bonchev–Trinajstić information content (AvgIpc) is 2.43. The van der Waals surface area contributed by atoms with Gasteiger partial charge >= 0.3 is 0 Å². The predicted molar refractivity (Wildman–Crippen MR) is 61.2 cm³/mol. The second-order valence-electron chi connectivity index (χ2n) is 4.77. The number of halogens is 1. The van der Waals surface area contributed by atoms with Crippen molar-refractivity contribution in [1.29, 1.82) is 0 Å². The van der Waals surface area contributed by atoms with Gasteiger partial charge in [-0.2, -0.15) is 0 Å². The van der Waals surface area contributed by atoms with Crippen molar-refractivity contribution in [3.8, 4) is 0 Å². The predicted octanol–water partition coefficient (Wildman–Crippen LogP) is 3.44. The Morgan fingerprint density at radius 2 is 1.93 bits per heavy atom. The second kappa shape index (κ2) is 3.24. The van der Waals surface area contributed by atoms with Crippen molar-refractivity contribution in [1.82, 2.24) is 0 Å². The van der Waals surface area contributed by atoms with E-state index in [4.69, 9.17) is 16.1 Å². The Morgan fingerprint density at radius 3 is 2.53 bits per heavy atom. The molecule has 0 amide bonds. The molecule has 0 fully saturated rings. The molecule has 80 valence electrons. The Labute approximate surface area is 94.4 Å². The van der Waals surface area contributed by atoms with Crippen molar-refractivity contribution in [2.45, 2.75) is 33.2 Å². The van der Waals surface area contributed by atoms with Gasteiger partial charge in [0.05, 0.1) is 5.39 Å². The van der Waals surface area contributed by atoms with Crippen LogP contribution < -0.4 is 4.74 Å². The van der Waals surface area contributed by atoms with Gasteiger partial charge in [-0.05, 0) is 16.9 Å². The van der Waals surface area contributed by atoms with Crippen molar-refractivity contribution >= 4 is 22.5 Å². The van der Waals surface area contributed by atoms with Crippen molar-refractivity contribution in [3.05, 3.63) is 29.0 Å². The lowest BCUT2D eigenvalue weighted by atomic mass is 10.1. The van der Waals surface area contributed by atoms with E-state index in [0.717, 1.165) is 21.7 Å². The Hall–Kier alpha value is -1.02. The summed E-state index contributed by atoms with van der Waals surface area (Å²) in [6.45, 7) is 8.30. The third-order valence-corrected chi connectivity index (χ3v) is 2.63. The normalized spacial score (nSPS) is 12.3. The van der Waals surface area contributed by atoms with Gasteiger partial charge in [0, 0.05) is 38.8 Å². The first-order chi connectivity index (χ1) is 6.89. The molecule has 0 saturated heterocycles. The Kier molecular flexibility index (Phi) is 2.27. The van der Waals surface area contributed by atoms with E-state index in [-0.39, 0.29) is 5.54 Å². The summed E-state index contributed by atoms with van der Waals surface area (Å²) >= 11 is 5.96. The van der Waals surface area contributed by atoms with E-state index < -0.39 is 0 Å². The topological polar surface area (TPSA) is 17.0 Å². The van der Waals surface area contributed by atoms with Crippen molar-refractivity contribution in [2.75, 3.05) is 0 Å². The molecule has 15 heavy (non-hydrogen) atoms. The monoisotopic (exact) mass is 224 g/mol. The fraction of sp³-hybridized carbons (Fsp3) is 0.417. The van der Waals surface area contributed by atoms with Crippen LogP contribution in [-0.2, 0) is 5.54 Å². The van der Waals surface area contributed by atoms with Crippen LogP contribution in [0.15, 0.2) is 22.7 Å². The fourth-order valence-electron chi connectivity index (χ4n) is 1.70. The molecular weight excluding hydrogens is 210 g/mol. The van der Waals surface area contributed by atoms with Crippen LogP contribution in [0.3, 0.4) is 0 Å². The van der Waals surface area contributed by atoms with Crippen LogP contribution in [0.5, 0.6) is 0 Å². The first kappa shape index (κ1) is 10.5. The highest BCUT2D eigenvalue weighted by Crippen LogP contribution is 2.23. The first-order valence-corrected chi connectivity index (χ1v) is 5.39. The summed E-state index contributed by atoms with van der Waals surface area (Å²) in [6, 6.07) is 5.83. The van der Waals surface area contributed by atoms with Gasteiger partial charge in [-0.1, -0.05) is 11.6 Å². The maximum Gasteiger partial charge on any atom is 0.262 e. The molecule has 2 rings (SSSR count). The zero-order valence-corrected chi connectivity index (χ0v) is 10.2. The Balaban J connectivity index is 2.79. The standard InChI is InChI=1S/C12H15ClNO/c1-8-10-7-9(13)5-6-11(10)14(15-8)12(2,3)4/h5-7H,1-4H3/q+1. The van der Waals surface area contributed by atoms with Gasteiger partial charge in [0.2, 0.25) is 5.54 Å². The lowest BCUT2D eigenvalue weighted by Crippen LogP contribution is -2.48. The summed E-state index contributed by atoms with van der Waals surface area (Å²) in [5.41, 5.74) is 1.03. The van der Waals surface area contributed by atoms with Gasteiger partial charge in [0.25, 0.3) is 5.52 Å². The smallest absolute Gasteiger partial charge is 0.240 e. The van der Waals surface area contributed by atoms with Gasteiger partial charge < -0.3 is 0 Å². The number of fused-ring (bicyclic) bond motifs is 1. The van der Waals surface area contributed by atoms with Crippen molar-refractivity contribution < 1.29 is 9.26 Å². The number of aromatic nitrogens is 1. The molecular formula is C12H15ClNO+. The first-order valence-electron chi connectivity index (χ1n) is 5.01.